The van der Waals surface area contributed by atoms with Crippen molar-refractivity contribution in [1.82, 2.24) is 0 Å². The molecule has 0 saturated carbocycles. The average Bonchev–Trinajstić information content (AvgIpc) is 2.55. The Morgan fingerprint density at radius 2 is 2.00 bits per heavy atom. The van der Waals surface area contributed by atoms with E-state index in [0.717, 1.165) is 22.8 Å². The van der Waals surface area contributed by atoms with Crippen LogP contribution in [0.4, 0.5) is 5.69 Å². The van der Waals surface area contributed by atoms with Gasteiger partial charge in [0.25, 0.3) is 5.91 Å². The van der Waals surface area contributed by atoms with Gasteiger partial charge in [0.05, 0.1) is 25.8 Å². The molecule has 0 aliphatic carbocycles. The van der Waals surface area contributed by atoms with Crippen molar-refractivity contribution in [2.24, 2.45) is 0 Å². The van der Waals surface area contributed by atoms with Crippen LogP contribution in [0.5, 0.6) is 5.75 Å². The first kappa shape index (κ1) is 16.5. The second kappa shape index (κ2) is 7.97. The van der Waals surface area contributed by atoms with Crippen molar-refractivity contribution in [2.45, 2.75) is 6.54 Å². The number of nitrogens with zero attached hydrogens (tertiary/aromatic N) is 1. The summed E-state index contributed by atoms with van der Waals surface area (Å²) >= 11 is 0. The first-order valence-corrected chi connectivity index (χ1v) is 7.35. The molecule has 5 heteroatoms. The Kier molecular flexibility index (Phi) is 5.73. The van der Waals surface area contributed by atoms with Gasteiger partial charge in [0.15, 0.2) is 6.54 Å². The van der Waals surface area contributed by atoms with Gasteiger partial charge in [-0.15, -0.1) is 0 Å². The fourth-order valence-electron chi connectivity index (χ4n) is 2.30. The topological polar surface area (TPSA) is 66.6 Å². The van der Waals surface area contributed by atoms with E-state index in [-0.39, 0.29) is 5.91 Å². The highest BCUT2D eigenvalue weighted by Crippen LogP contribution is 2.11. The molecule has 5 nitrogen and oxygen atoms in total. The van der Waals surface area contributed by atoms with E-state index in [9.17, 15) is 4.79 Å². The smallest absolute Gasteiger partial charge is 0.279 e. The zero-order chi connectivity index (χ0) is 16.7. The second-order valence-electron chi connectivity index (χ2n) is 5.40. The third-order valence-electron chi connectivity index (χ3n) is 3.40. The van der Waals surface area contributed by atoms with Crippen LogP contribution in [0.15, 0.2) is 48.5 Å². The van der Waals surface area contributed by atoms with Crippen molar-refractivity contribution in [3.63, 3.8) is 0 Å². The number of hydrogen-bond acceptors (Lipinski definition) is 3. The van der Waals surface area contributed by atoms with Crippen molar-refractivity contribution in [2.75, 3.05) is 26.0 Å². The Balaban J connectivity index is 1.87. The van der Waals surface area contributed by atoms with Gasteiger partial charge in [-0.1, -0.05) is 12.1 Å². The third kappa shape index (κ3) is 5.13. The summed E-state index contributed by atoms with van der Waals surface area (Å²) in [6, 6.07) is 16.7. The number of nitrogens with one attached hydrogen (secondary N) is 2. The van der Waals surface area contributed by atoms with Gasteiger partial charge in [0, 0.05) is 11.3 Å². The molecule has 0 radical (unpaired) electrons. The summed E-state index contributed by atoms with van der Waals surface area (Å²) in [6.45, 7) is 1.09. The summed E-state index contributed by atoms with van der Waals surface area (Å²) in [7, 11) is 3.61. The number of rotatable bonds is 6. The molecule has 1 unspecified atom stereocenters. The molecule has 2 aromatic carbocycles. The molecule has 1 atom stereocenters. The Morgan fingerprint density at radius 3 is 2.65 bits per heavy atom. The molecular formula is C18H20N3O2+. The number of hydrogen-bond donors (Lipinski definition) is 2. The third-order valence-corrected chi connectivity index (χ3v) is 3.40. The Bertz CT molecular complexity index is 705. The van der Waals surface area contributed by atoms with Crippen LogP contribution < -0.4 is 15.0 Å². The van der Waals surface area contributed by atoms with Crippen LogP contribution in [0.2, 0.25) is 0 Å². The number of amides is 1. The molecule has 1 amide bonds. The lowest BCUT2D eigenvalue weighted by atomic mass is 10.2. The number of ether oxygens (including phenoxy) is 1. The minimum Gasteiger partial charge on any atom is -0.497 e. The monoisotopic (exact) mass is 310 g/mol. The average molecular weight is 310 g/mol. The Hall–Kier alpha value is -2.84. The SMILES string of the molecule is COc1cccc(C[NH+](C)CC(=O)Nc2ccc(C#N)cc2)c1. The molecule has 2 aromatic rings. The van der Waals surface area contributed by atoms with Crippen LogP contribution in [0.25, 0.3) is 0 Å². The first-order chi connectivity index (χ1) is 11.1. The van der Waals surface area contributed by atoms with E-state index in [1.807, 2.05) is 37.4 Å². The first-order valence-electron chi connectivity index (χ1n) is 7.35. The van der Waals surface area contributed by atoms with E-state index in [4.69, 9.17) is 10.00 Å². The highest BCUT2D eigenvalue weighted by atomic mass is 16.5. The van der Waals surface area contributed by atoms with Gasteiger partial charge in [-0.25, -0.2) is 0 Å². The van der Waals surface area contributed by atoms with Gasteiger partial charge in [0.1, 0.15) is 12.3 Å². The number of anilines is 1. The summed E-state index contributed by atoms with van der Waals surface area (Å²) in [5.41, 5.74) is 2.39. The van der Waals surface area contributed by atoms with Crippen molar-refractivity contribution in [1.29, 1.82) is 5.26 Å². The zero-order valence-corrected chi connectivity index (χ0v) is 13.3. The highest BCUT2D eigenvalue weighted by Gasteiger charge is 2.11. The second-order valence-corrected chi connectivity index (χ2v) is 5.40. The summed E-state index contributed by atoms with van der Waals surface area (Å²) in [5.74, 6) is 0.757. The van der Waals surface area contributed by atoms with Gasteiger partial charge in [-0.05, 0) is 36.4 Å². The molecule has 0 saturated heterocycles. The highest BCUT2D eigenvalue weighted by molar-refractivity contribution is 5.91. The maximum Gasteiger partial charge on any atom is 0.279 e. The summed E-state index contributed by atoms with van der Waals surface area (Å²) in [6.07, 6.45) is 0. The molecule has 118 valence electrons. The molecular weight excluding hydrogens is 290 g/mol. The van der Waals surface area contributed by atoms with E-state index in [0.29, 0.717) is 17.8 Å². The molecule has 0 bridgehead atoms. The fourth-order valence-corrected chi connectivity index (χ4v) is 2.30. The number of methoxy groups -OCH3 is 1. The van der Waals surface area contributed by atoms with Crippen LogP contribution >= 0.6 is 0 Å². The predicted molar refractivity (Wildman–Crippen MR) is 88.2 cm³/mol. The summed E-state index contributed by atoms with van der Waals surface area (Å²) < 4.78 is 5.20. The molecule has 0 aromatic heterocycles. The van der Waals surface area contributed by atoms with Gasteiger partial charge in [0.2, 0.25) is 0 Å². The molecule has 0 aliphatic heterocycles. The minimum absolute atomic E-state index is 0.0601. The van der Waals surface area contributed by atoms with Gasteiger partial charge in [-0.2, -0.15) is 5.26 Å². The molecule has 0 fully saturated rings. The zero-order valence-electron chi connectivity index (χ0n) is 13.3. The lowest BCUT2D eigenvalue weighted by molar-refractivity contribution is -0.885. The molecule has 2 N–H and O–H groups in total. The van der Waals surface area contributed by atoms with Gasteiger partial charge in [-0.3, -0.25) is 4.79 Å². The largest absolute Gasteiger partial charge is 0.497 e. The van der Waals surface area contributed by atoms with Crippen molar-refractivity contribution in [3.8, 4) is 11.8 Å². The number of nitriles is 1. The van der Waals surface area contributed by atoms with E-state index < -0.39 is 0 Å². The number of carbonyl (C=O) groups excluding carboxylic acids is 1. The predicted octanol–water partition coefficient (Wildman–Crippen LogP) is 1.22. The van der Waals surface area contributed by atoms with E-state index >= 15 is 0 Å². The fraction of sp³-hybridized carbons (Fsp3) is 0.222. The number of benzene rings is 2. The van der Waals surface area contributed by atoms with Crippen LogP contribution in [0.3, 0.4) is 0 Å². The number of carbonyl (C=O) groups is 1. The summed E-state index contributed by atoms with van der Waals surface area (Å²) in [5, 5.41) is 11.6. The minimum atomic E-state index is -0.0601. The number of quaternary nitrogens is 1. The number of likely N-dealkylation sites (N-methyl/N-ethyl adjacent to an activating group) is 1. The molecule has 2 rings (SSSR count). The van der Waals surface area contributed by atoms with Crippen LogP contribution in [0, 0.1) is 11.3 Å². The van der Waals surface area contributed by atoms with Gasteiger partial charge >= 0.3 is 0 Å². The molecule has 23 heavy (non-hydrogen) atoms. The normalized spacial score (nSPS) is 11.3. The van der Waals surface area contributed by atoms with Crippen molar-refractivity contribution < 1.29 is 14.4 Å². The van der Waals surface area contributed by atoms with Crippen molar-refractivity contribution >= 4 is 11.6 Å². The molecule has 0 spiro atoms. The van der Waals surface area contributed by atoms with E-state index in [1.165, 1.54) is 0 Å². The lowest BCUT2D eigenvalue weighted by Crippen LogP contribution is -3.08. The van der Waals surface area contributed by atoms with Crippen LogP contribution in [-0.4, -0.2) is 26.6 Å². The Labute approximate surface area is 136 Å². The van der Waals surface area contributed by atoms with Crippen LogP contribution in [-0.2, 0) is 11.3 Å². The maximum atomic E-state index is 12.1. The molecule has 0 heterocycles. The summed E-state index contributed by atoms with van der Waals surface area (Å²) in [4.78, 5) is 13.1. The van der Waals surface area contributed by atoms with Crippen LogP contribution in [0.1, 0.15) is 11.1 Å². The standard InChI is InChI=1S/C18H19N3O2/c1-21(12-15-4-3-5-17(10-15)23-2)13-18(22)20-16-8-6-14(11-19)7-9-16/h3-10H,12-13H2,1-2H3,(H,20,22)/p+1. The maximum absolute atomic E-state index is 12.1. The quantitative estimate of drug-likeness (QED) is 0.843. The lowest BCUT2D eigenvalue weighted by Gasteiger charge is -2.14. The van der Waals surface area contributed by atoms with E-state index in [2.05, 4.69) is 5.32 Å². The van der Waals surface area contributed by atoms with E-state index in [1.54, 1.807) is 31.4 Å². The van der Waals surface area contributed by atoms with Gasteiger partial charge < -0.3 is 15.0 Å². The molecule has 0 aliphatic rings. The van der Waals surface area contributed by atoms with Crippen molar-refractivity contribution in [3.05, 3.63) is 59.7 Å². The Morgan fingerprint density at radius 1 is 1.26 bits per heavy atom.